The molecular formula is C19H25N. The van der Waals surface area contributed by atoms with Crippen molar-refractivity contribution >= 4 is 0 Å². The zero-order valence-corrected chi connectivity index (χ0v) is 13.2. The molecule has 0 saturated carbocycles. The van der Waals surface area contributed by atoms with Crippen molar-refractivity contribution in [3.63, 3.8) is 0 Å². The first-order chi connectivity index (χ1) is 9.49. The summed E-state index contributed by atoms with van der Waals surface area (Å²) in [5.74, 6) is 0. The lowest BCUT2D eigenvalue weighted by Gasteiger charge is -2.19. The van der Waals surface area contributed by atoms with Crippen molar-refractivity contribution in [2.45, 2.75) is 40.2 Å². The van der Waals surface area contributed by atoms with Gasteiger partial charge < -0.3 is 5.32 Å². The summed E-state index contributed by atoms with van der Waals surface area (Å²) in [7, 11) is 2.05. The Morgan fingerprint density at radius 2 is 1.50 bits per heavy atom. The Bertz CT molecular complexity index is 578. The summed E-state index contributed by atoms with van der Waals surface area (Å²) in [5, 5.41) is 3.47. The first-order valence-corrected chi connectivity index (χ1v) is 7.31. The second-order valence-electron chi connectivity index (χ2n) is 5.90. The van der Waals surface area contributed by atoms with E-state index < -0.39 is 0 Å². The summed E-state index contributed by atoms with van der Waals surface area (Å²) in [6.45, 7) is 8.69. The Labute approximate surface area is 123 Å². The minimum Gasteiger partial charge on any atom is -0.313 e. The Hall–Kier alpha value is -1.60. The molecule has 1 N–H and O–H groups in total. The molecular weight excluding hydrogens is 242 g/mol. The number of hydrogen-bond donors (Lipinski definition) is 1. The molecule has 0 aliphatic heterocycles. The smallest absolute Gasteiger partial charge is 0.0358 e. The predicted molar refractivity (Wildman–Crippen MR) is 87.3 cm³/mol. The number of benzene rings is 2. The first kappa shape index (κ1) is 14.8. The number of nitrogens with one attached hydrogen (secondary N) is 1. The summed E-state index contributed by atoms with van der Waals surface area (Å²) >= 11 is 0. The summed E-state index contributed by atoms with van der Waals surface area (Å²) in [6, 6.07) is 13.9. The van der Waals surface area contributed by atoms with Crippen LogP contribution in [0.4, 0.5) is 0 Å². The summed E-state index contributed by atoms with van der Waals surface area (Å²) in [6.07, 6.45) is 1.03. The molecule has 1 heteroatoms. The van der Waals surface area contributed by atoms with E-state index in [1.807, 2.05) is 7.05 Å². The topological polar surface area (TPSA) is 12.0 Å². The molecule has 0 saturated heterocycles. The van der Waals surface area contributed by atoms with Gasteiger partial charge in [0, 0.05) is 6.04 Å². The van der Waals surface area contributed by atoms with Gasteiger partial charge in [0.1, 0.15) is 0 Å². The highest BCUT2D eigenvalue weighted by atomic mass is 14.9. The number of aryl methyl sites for hydroxylation is 4. The molecule has 2 aromatic carbocycles. The van der Waals surface area contributed by atoms with Crippen molar-refractivity contribution in [1.82, 2.24) is 5.32 Å². The first-order valence-electron chi connectivity index (χ1n) is 7.31. The molecule has 106 valence electrons. The van der Waals surface area contributed by atoms with Crippen LogP contribution in [0.1, 0.15) is 39.4 Å². The summed E-state index contributed by atoms with van der Waals surface area (Å²) in [5.41, 5.74) is 8.19. The van der Waals surface area contributed by atoms with Gasteiger partial charge >= 0.3 is 0 Å². The van der Waals surface area contributed by atoms with Gasteiger partial charge in [-0.1, -0.05) is 53.1 Å². The quantitative estimate of drug-likeness (QED) is 0.864. The van der Waals surface area contributed by atoms with Crippen LogP contribution < -0.4 is 5.32 Å². The van der Waals surface area contributed by atoms with Gasteiger partial charge in [0.15, 0.2) is 0 Å². The van der Waals surface area contributed by atoms with E-state index in [0.29, 0.717) is 6.04 Å². The maximum absolute atomic E-state index is 3.47. The molecule has 0 aliphatic rings. The maximum Gasteiger partial charge on any atom is 0.0358 e. The van der Waals surface area contributed by atoms with Crippen molar-refractivity contribution in [3.05, 3.63) is 69.8 Å². The van der Waals surface area contributed by atoms with Crippen molar-refractivity contribution in [1.29, 1.82) is 0 Å². The van der Waals surface area contributed by atoms with Crippen LogP contribution in [0.25, 0.3) is 0 Å². The second-order valence-corrected chi connectivity index (χ2v) is 5.90. The lowest BCUT2D eigenvalue weighted by molar-refractivity contribution is 0.589. The zero-order chi connectivity index (χ0) is 14.7. The van der Waals surface area contributed by atoms with Crippen LogP contribution in [-0.4, -0.2) is 7.05 Å². The highest BCUT2D eigenvalue weighted by molar-refractivity contribution is 5.35. The minimum absolute atomic E-state index is 0.370. The lowest BCUT2D eigenvalue weighted by Crippen LogP contribution is -2.19. The van der Waals surface area contributed by atoms with Crippen molar-refractivity contribution in [3.8, 4) is 0 Å². The fourth-order valence-electron chi connectivity index (χ4n) is 2.84. The Balaban J connectivity index is 2.30. The van der Waals surface area contributed by atoms with E-state index in [9.17, 15) is 0 Å². The normalized spacial score (nSPS) is 12.4. The Kier molecular flexibility index (Phi) is 4.61. The molecule has 0 heterocycles. The third-order valence-electron chi connectivity index (χ3n) is 3.92. The molecule has 0 aromatic heterocycles. The summed E-state index contributed by atoms with van der Waals surface area (Å²) < 4.78 is 0. The molecule has 1 atom stereocenters. The van der Waals surface area contributed by atoms with Crippen LogP contribution in [0.3, 0.4) is 0 Å². The van der Waals surface area contributed by atoms with Crippen molar-refractivity contribution in [2.24, 2.45) is 0 Å². The predicted octanol–water partition coefficient (Wildman–Crippen LogP) is 4.42. The van der Waals surface area contributed by atoms with Gasteiger partial charge in [0.25, 0.3) is 0 Å². The van der Waals surface area contributed by atoms with Crippen LogP contribution in [0.2, 0.25) is 0 Å². The van der Waals surface area contributed by atoms with Crippen LogP contribution >= 0.6 is 0 Å². The Morgan fingerprint density at radius 1 is 0.850 bits per heavy atom. The molecule has 0 spiro atoms. The molecule has 20 heavy (non-hydrogen) atoms. The van der Waals surface area contributed by atoms with Crippen molar-refractivity contribution < 1.29 is 0 Å². The van der Waals surface area contributed by atoms with Gasteiger partial charge in [-0.05, 0) is 57.9 Å². The molecule has 0 fully saturated rings. The van der Waals surface area contributed by atoms with E-state index in [-0.39, 0.29) is 0 Å². The van der Waals surface area contributed by atoms with E-state index in [4.69, 9.17) is 0 Å². The van der Waals surface area contributed by atoms with E-state index >= 15 is 0 Å². The SMILES string of the molecule is CNC(Cc1cc(C)ccc1C)c1cc(C)cc(C)c1. The maximum atomic E-state index is 3.47. The lowest BCUT2D eigenvalue weighted by atomic mass is 9.93. The molecule has 0 aliphatic carbocycles. The van der Waals surface area contributed by atoms with E-state index in [1.54, 1.807) is 0 Å². The molecule has 0 bridgehead atoms. The van der Waals surface area contributed by atoms with Crippen LogP contribution in [0.5, 0.6) is 0 Å². The second kappa shape index (κ2) is 6.23. The fraction of sp³-hybridized carbons (Fsp3) is 0.368. The van der Waals surface area contributed by atoms with E-state index in [2.05, 4.69) is 69.4 Å². The number of likely N-dealkylation sites (N-methyl/N-ethyl adjacent to an activating group) is 1. The van der Waals surface area contributed by atoms with Gasteiger partial charge in [0.2, 0.25) is 0 Å². The van der Waals surface area contributed by atoms with E-state index in [1.165, 1.54) is 33.4 Å². The standard InChI is InChI=1S/C19H25N/c1-13-6-7-16(4)17(9-13)12-19(20-5)18-10-14(2)8-15(3)11-18/h6-11,19-20H,12H2,1-5H3. The third kappa shape index (κ3) is 3.49. The van der Waals surface area contributed by atoms with Crippen LogP contribution in [0, 0.1) is 27.7 Å². The molecule has 1 nitrogen and oxygen atoms in total. The van der Waals surface area contributed by atoms with Gasteiger partial charge in [-0.25, -0.2) is 0 Å². The highest BCUT2D eigenvalue weighted by Gasteiger charge is 2.12. The van der Waals surface area contributed by atoms with Crippen LogP contribution in [-0.2, 0) is 6.42 Å². The minimum atomic E-state index is 0.370. The number of hydrogen-bond acceptors (Lipinski definition) is 1. The van der Waals surface area contributed by atoms with Gasteiger partial charge in [-0.3, -0.25) is 0 Å². The van der Waals surface area contributed by atoms with Crippen molar-refractivity contribution in [2.75, 3.05) is 7.05 Å². The molecule has 0 amide bonds. The average Bonchev–Trinajstić information content (AvgIpc) is 2.38. The molecule has 1 unspecified atom stereocenters. The largest absolute Gasteiger partial charge is 0.313 e. The number of rotatable bonds is 4. The molecule has 0 radical (unpaired) electrons. The summed E-state index contributed by atoms with van der Waals surface area (Å²) in [4.78, 5) is 0. The van der Waals surface area contributed by atoms with Gasteiger partial charge in [-0.15, -0.1) is 0 Å². The van der Waals surface area contributed by atoms with Crippen LogP contribution in [0.15, 0.2) is 36.4 Å². The molecule has 2 aromatic rings. The monoisotopic (exact) mass is 267 g/mol. The fourth-order valence-corrected chi connectivity index (χ4v) is 2.84. The zero-order valence-electron chi connectivity index (χ0n) is 13.2. The molecule has 2 rings (SSSR count). The Morgan fingerprint density at radius 3 is 2.10 bits per heavy atom. The third-order valence-corrected chi connectivity index (χ3v) is 3.92. The van der Waals surface area contributed by atoms with E-state index in [0.717, 1.165) is 6.42 Å². The van der Waals surface area contributed by atoms with Gasteiger partial charge in [0.05, 0.1) is 0 Å². The average molecular weight is 267 g/mol. The van der Waals surface area contributed by atoms with Gasteiger partial charge in [-0.2, -0.15) is 0 Å². The highest BCUT2D eigenvalue weighted by Crippen LogP contribution is 2.23.